The van der Waals surface area contributed by atoms with Gasteiger partial charge in [-0.2, -0.15) is 0 Å². The van der Waals surface area contributed by atoms with E-state index in [0.29, 0.717) is 6.61 Å². The van der Waals surface area contributed by atoms with Crippen molar-refractivity contribution in [1.82, 2.24) is 4.98 Å². The standard InChI is InChI=1S/C11H17BrN2O/c1-8(2)15-5-4-13-11-9(3)6-10(12)7-14-11/h6-8H,4-5H2,1-3H3,(H,13,14). The first-order chi connectivity index (χ1) is 7.09. The predicted octanol–water partition coefficient (Wildman–Crippen LogP) is 2.99. The van der Waals surface area contributed by atoms with Crippen LogP contribution in [-0.4, -0.2) is 24.2 Å². The summed E-state index contributed by atoms with van der Waals surface area (Å²) in [5.74, 6) is 0.922. The third kappa shape index (κ3) is 4.62. The van der Waals surface area contributed by atoms with Gasteiger partial charge in [0.25, 0.3) is 0 Å². The summed E-state index contributed by atoms with van der Waals surface area (Å²) in [6, 6.07) is 2.04. The van der Waals surface area contributed by atoms with Gasteiger partial charge in [0.05, 0.1) is 12.7 Å². The van der Waals surface area contributed by atoms with E-state index in [-0.39, 0.29) is 6.10 Å². The molecule has 0 radical (unpaired) electrons. The minimum absolute atomic E-state index is 0.283. The topological polar surface area (TPSA) is 34.2 Å². The summed E-state index contributed by atoms with van der Waals surface area (Å²) in [5.41, 5.74) is 1.13. The number of rotatable bonds is 5. The van der Waals surface area contributed by atoms with Crippen LogP contribution in [0.5, 0.6) is 0 Å². The fraction of sp³-hybridized carbons (Fsp3) is 0.545. The van der Waals surface area contributed by atoms with Crippen LogP contribution in [-0.2, 0) is 4.74 Å². The third-order valence-corrected chi connectivity index (χ3v) is 2.32. The number of anilines is 1. The molecular weight excluding hydrogens is 256 g/mol. The van der Waals surface area contributed by atoms with Gasteiger partial charge in [-0.1, -0.05) is 0 Å². The van der Waals surface area contributed by atoms with Gasteiger partial charge >= 0.3 is 0 Å². The summed E-state index contributed by atoms with van der Waals surface area (Å²) in [4.78, 5) is 4.28. The molecule has 1 aromatic rings. The van der Waals surface area contributed by atoms with Crippen LogP contribution in [0.3, 0.4) is 0 Å². The zero-order valence-electron chi connectivity index (χ0n) is 9.38. The zero-order chi connectivity index (χ0) is 11.3. The summed E-state index contributed by atoms with van der Waals surface area (Å²) in [5, 5.41) is 3.24. The maximum atomic E-state index is 5.43. The molecule has 0 aromatic carbocycles. The number of pyridine rings is 1. The molecule has 0 spiro atoms. The Bertz CT molecular complexity index is 315. The van der Waals surface area contributed by atoms with Crippen LogP contribution in [0.4, 0.5) is 5.82 Å². The van der Waals surface area contributed by atoms with Gasteiger partial charge in [-0.05, 0) is 48.3 Å². The zero-order valence-corrected chi connectivity index (χ0v) is 11.0. The van der Waals surface area contributed by atoms with Crippen molar-refractivity contribution in [1.29, 1.82) is 0 Å². The van der Waals surface area contributed by atoms with Gasteiger partial charge in [0, 0.05) is 17.2 Å². The van der Waals surface area contributed by atoms with Gasteiger partial charge in [0.1, 0.15) is 5.82 Å². The fourth-order valence-electron chi connectivity index (χ4n) is 1.19. The average Bonchev–Trinajstić information content (AvgIpc) is 2.14. The van der Waals surface area contributed by atoms with Gasteiger partial charge in [-0.3, -0.25) is 0 Å². The Morgan fingerprint density at radius 3 is 2.87 bits per heavy atom. The maximum absolute atomic E-state index is 5.43. The van der Waals surface area contributed by atoms with Crippen molar-refractivity contribution >= 4 is 21.7 Å². The van der Waals surface area contributed by atoms with E-state index < -0.39 is 0 Å². The maximum Gasteiger partial charge on any atom is 0.128 e. The number of nitrogens with one attached hydrogen (secondary N) is 1. The number of ether oxygens (including phenoxy) is 1. The highest BCUT2D eigenvalue weighted by Gasteiger charge is 1.99. The molecular formula is C11H17BrN2O. The van der Waals surface area contributed by atoms with Crippen LogP contribution in [0.25, 0.3) is 0 Å². The Hall–Kier alpha value is -0.610. The van der Waals surface area contributed by atoms with Crippen LogP contribution in [0, 0.1) is 6.92 Å². The SMILES string of the molecule is Cc1cc(Br)cnc1NCCOC(C)C. The monoisotopic (exact) mass is 272 g/mol. The first-order valence-electron chi connectivity index (χ1n) is 5.07. The molecule has 0 aliphatic heterocycles. The predicted molar refractivity (Wildman–Crippen MR) is 66.3 cm³/mol. The quantitative estimate of drug-likeness (QED) is 0.837. The molecule has 0 aliphatic carbocycles. The first kappa shape index (κ1) is 12.5. The minimum Gasteiger partial charge on any atom is -0.377 e. The molecule has 0 saturated carbocycles. The number of hydrogen-bond acceptors (Lipinski definition) is 3. The number of hydrogen-bond donors (Lipinski definition) is 1. The highest BCUT2D eigenvalue weighted by molar-refractivity contribution is 9.10. The molecule has 0 fully saturated rings. The van der Waals surface area contributed by atoms with Crippen LogP contribution in [0.1, 0.15) is 19.4 Å². The van der Waals surface area contributed by atoms with Crippen LogP contribution >= 0.6 is 15.9 Å². The number of nitrogens with zero attached hydrogens (tertiary/aromatic N) is 1. The lowest BCUT2D eigenvalue weighted by molar-refractivity contribution is 0.0870. The molecule has 3 nitrogen and oxygen atoms in total. The molecule has 0 amide bonds. The van der Waals surface area contributed by atoms with Gasteiger partial charge in [0.15, 0.2) is 0 Å². The fourth-order valence-corrected chi connectivity index (χ4v) is 1.64. The van der Waals surface area contributed by atoms with Crippen molar-refractivity contribution in [2.45, 2.75) is 26.9 Å². The van der Waals surface area contributed by atoms with Crippen molar-refractivity contribution < 1.29 is 4.74 Å². The number of aryl methyl sites for hydroxylation is 1. The van der Waals surface area contributed by atoms with Crippen LogP contribution < -0.4 is 5.32 Å². The van der Waals surface area contributed by atoms with E-state index in [0.717, 1.165) is 22.4 Å². The first-order valence-corrected chi connectivity index (χ1v) is 5.86. The molecule has 0 saturated heterocycles. The summed E-state index contributed by atoms with van der Waals surface area (Å²) >= 11 is 3.38. The van der Waals surface area contributed by atoms with E-state index in [9.17, 15) is 0 Å². The second-order valence-electron chi connectivity index (χ2n) is 3.67. The molecule has 0 bridgehead atoms. The molecule has 4 heteroatoms. The van der Waals surface area contributed by atoms with Gasteiger partial charge < -0.3 is 10.1 Å². The molecule has 0 unspecified atom stereocenters. The second kappa shape index (κ2) is 6.08. The van der Waals surface area contributed by atoms with E-state index in [1.54, 1.807) is 6.20 Å². The summed E-state index contributed by atoms with van der Waals surface area (Å²) in [6.45, 7) is 7.58. The summed E-state index contributed by atoms with van der Waals surface area (Å²) in [6.07, 6.45) is 2.07. The van der Waals surface area contributed by atoms with Gasteiger partial charge in [-0.15, -0.1) is 0 Å². The normalized spacial score (nSPS) is 10.7. The Morgan fingerprint density at radius 1 is 1.53 bits per heavy atom. The average molecular weight is 273 g/mol. The van der Waals surface area contributed by atoms with E-state index >= 15 is 0 Å². The molecule has 0 aliphatic rings. The summed E-state index contributed by atoms with van der Waals surface area (Å²) in [7, 11) is 0. The van der Waals surface area contributed by atoms with E-state index in [1.807, 2.05) is 26.8 Å². The minimum atomic E-state index is 0.283. The van der Waals surface area contributed by atoms with E-state index in [4.69, 9.17) is 4.74 Å². The molecule has 84 valence electrons. The Kier molecular flexibility index (Phi) is 5.05. The van der Waals surface area contributed by atoms with Crippen molar-refractivity contribution in [3.63, 3.8) is 0 Å². The van der Waals surface area contributed by atoms with Crippen LogP contribution in [0.15, 0.2) is 16.7 Å². The molecule has 1 aromatic heterocycles. The van der Waals surface area contributed by atoms with E-state index in [1.165, 1.54) is 0 Å². The molecule has 0 atom stereocenters. The lowest BCUT2D eigenvalue weighted by Gasteiger charge is -2.10. The number of aromatic nitrogens is 1. The molecule has 1 heterocycles. The van der Waals surface area contributed by atoms with Gasteiger partial charge in [-0.25, -0.2) is 4.98 Å². The van der Waals surface area contributed by atoms with E-state index in [2.05, 4.69) is 26.2 Å². The van der Waals surface area contributed by atoms with Crippen molar-refractivity contribution in [2.75, 3.05) is 18.5 Å². The molecule has 1 rings (SSSR count). The van der Waals surface area contributed by atoms with Crippen molar-refractivity contribution in [2.24, 2.45) is 0 Å². The lowest BCUT2D eigenvalue weighted by Crippen LogP contribution is -2.14. The Labute approximate surface area is 99.4 Å². The highest BCUT2D eigenvalue weighted by Crippen LogP contribution is 2.16. The largest absolute Gasteiger partial charge is 0.377 e. The van der Waals surface area contributed by atoms with Crippen LogP contribution in [0.2, 0.25) is 0 Å². The Balaban J connectivity index is 2.37. The Morgan fingerprint density at radius 2 is 2.27 bits per heavy atom. The lowest BCUT2D eigenvalue weighted by atomic mass is 10.3. The summed E-state index contributed by atoms with van der Waals surface area (Å²) < 4.78 is 6.43. The number of halogens is 1. The molecule has 1 N–H and O–H groups in total. The van der Waals surface area contributed by atoms with Crippen molar-refractivity contribution in [3.8, 4) is 0 Å². The second-order valence-corrected chi connectivity index (χ2v) is 4.58. The molecule has 15 heavy (non-hydrogen) atoms. The smallest absolute Gasteiger partial charge is 0.128 e. The highest BCUT2D eigenvalue weighted by atomic mass is 79.9. The van der Waals surface area contributed by atoms with Crippen molar-refractivity contribution in [3.05, 3.63) is 22.3 Å². The third-order valence-electron chi connectivity index (χ3n) is 1.89. The van der Waals surface area contributed by atoms with Gasteiger partial charge in [0.2, 0.25) is 0 Å².